The van der Waals surface area contributed by atoms with E-state index in [0.29, 0.717) is 12.2 Å². The Labute approximate surface area is 168 Å². The molecule has 1 aromatic carbocycles. The van der Waals surface area contributed by atoms with Crippen molar-refractivity contribution in [3.63, 3.8) is 0 Å². The summed E-state index contributed by atoms with van der Waals surface area (Å²) in [7, 11) is 0. The van der Waals surface area contributed by atoms with Crippen LogP contribution in [0.3, 0.4) is 0 Å². The summed E-state index contributed by atoms with van der Waals surface area (Å²) in [6.07, 6.45) is 5.46. The lowest BCUT2D eigenvalue weighted by atomic mass is 10.1. The molecular weight excluding hydrogens is 364 g/mol. The average molecular weight is 386 g/mol. The fourth-order valence-electron chi connectivity index (χ4n) is 3.31. The highest BCUT2D eigenvalue weighted by molar-refractivity contribution is 5.83. The molecule has 3 aromatic heterocycles. The first-order valence-electron chi connectivity index (χ1n) is 9.44. The quantitative estimate of drug-likeness (QED) is 0.530. The molecule has 0 bridgehead atoms. The molecule has 4 rings (SSSR count). The number of aromatic nitrogens is 4. The Balaban J connectivity index is 1.51. The molecule has 0 radical (unpaired) electrons. The number of pyridine rings is 2. The van der Waals surface area contributed by atoms with Crippen molar-refractivity contribution in [2.24, 2.45) is 5.73 Å². The minimum Gasteiger partial charge on any atom is -0.348 e. The summed E-state index contributed by atoms with van der Waals surface area (Å²) in [6.45, 7) is 2.27. The van der Waals surface area contributed by atoms with Gasteiger partial charge in [-0.3, -0.25) is 14.8 Å². The number of benzene rings is 1. The molecule has 1 amide bonds. The smallest absolute Gasteiger partial charge is 0.226 e. The highest BCUT2D eigenvalue weighted by atomic mass is 16.1. The highest BCUT2D eigenvalue weighted by Gasteiger charge is 2.14. The lowest BCUT2D eigenvalue weighted by Gasteiger charge is -2.17. The molecule has 0 aliphatic rings. The Hall–Kier alpha value is -3.58. The number of amides is 1. The highest BCUT2D eigenvalue weighted by Crippen LogP contribution is 2.19. The molecule has 0 saturated carbocycles. The number of carbonyl (C=O) groups excluding carboxylic acids is 1. The molecule has 0 aliphatic heterocycles. The Morgan fingerprint density at radius 2 is 1.97 bits per heavy atom. The van der Waals surface area contributed by atoms with Gasteiger partial charge < -0.3 is 11.1 Å². The van der Waals surface area contributed by atoms with Crippen molar-refractivity contribution >= 4 is 16.8 Å². The Kier molecular flexibility index (Phi) is 5.31. The zero-order valence-corrected chi connectivity index (χ0v) is 16.1. The van der Waals surface area contributed by atoms with Crippen LogP contribution in [0.5, 0.6) is 0 Å². The first-order valence-corrected chi connectivity index (χ1v) is 9.44. The molecular formula is C22H22N6O. The summed E-state index contributed by atoms with van der Waals surface area (Å²) in [5.74, 6) is -0.117. The normalized spacial score (nSPS) is 12.1. The number of hydrogen-bond acceptors (Lipinski definition) is 5. The topological polar surface area (TPSA) is 98.7 Å². The molecule has 0 saturated heterocycles. The number of rotatable bonds is 6. The van der Waals surface area contributed by atoms with Gasteiger partial charge >= 0.3 is 0 Å². The van der Waals surface area contributed by atoms with Crippen molar-refractivity contribution in [3.05, 3.63) is 84.1 Å². The zero-order valence-electron chi connectivity index (χ0n) is 16.1. The molecule has 3 heterocycles. The average Bonchev–Trinajstić information content (AvgIpc) is 3.16. The van der Waals surface area contributed by atoms with E-state index in [1.54, 1.807) is 18.6 Å². The monoisotopic (exact) mass is 386 g/mol. The first kappa shape index (κ1) is 18.8. The Morgan fingerprint density at radius 3 is 2.72 bits per heavy atom. The second-order valence-electron chi connectivity index (χ2n) is 6.89. The van der Waals surface area contributed by atoms with Crippen LogP contribution in [0.1, 0.15) is 23.0 Å². The fraction of sp³-hybridized carbons (Fsp3) is 0.182. The van der Waals surface area contributed by atoms with Gasteiger partial charge in [-0.15, -0.1) is 0 Å². The summed E-state index contributed by atoms with van der Waals surface area (Å²) < 4.78 is 1.82. The van der Waals surface area contributed by atoms with Crippen LogP contribution in [0.2, 0.25) is 0 Å². The van der Waals surface area contributed by atoms with E-state index in [1.807, 2.05) is 60.1 Å². The molecule has 7 nitrogen and oxygen atoms in total. The zero-order chi connectivity index (χ0) is 20.2. The van der Waals surface area contributed by atoms with E-state index in [2.05, 4.69) is 20.4 Å². The van der Waals surface area contributed by atoms with Gasteiger partial charge in [-0.05, 0) is 30.7 Å². The third-order valence-electron chi connectivity index (χ3n) is 4.75. The molecule has 29 heavy (non-hydrogen) atoms. The van der Waals surface area contributed by atoms with Crippen molar-refractivity contribution < 1.29 is 4.79 Å². The summed E-state index contributed by atoms with van der Waals surface area (Å²) in [4.78, 5) is 21.2. The van der Waals surface area contributed by atoms with Gasteiger partial charge in [0.1, 0.15) is 0 Å². The predicted octanol–water partition coefficient (Wildman–Crippen LogP) is 2.48. The fourth-order valence-corrected chi connectivity index (χ4v) is 3.31. The maximum absolute atomic E-state index is 12.5. The van der Waals surface area contributed by atoms with Gasteiger partial charge in [0.25, 0.3) is 0 Å². The number of aryl methyl sites for hydroxylation is 1. The van der Waals surface area contributed by atoms with Gasteiger partial charge in [-0.2, -0.15) is 5.10 Å². The summed E-state index contributed by atoms with van der Waals surface area (Å²) in [5.41, 5.74) is 10.2. The van der Waals surface area contributed by atoms with Gasteiger partial charge in [0, 0.05) is 23.8 Å². The number of nitrogens with zero attached hydrogens (tertiary/aromatic N) is 4. The number of hydrogen-bond donors (Lipinski definition) is 2. The molecule has 0 aliphatic carbocycles. The minimum absolute atomic E-state index is 0.117. The van der Waals surface area contributed by atoms with Crippen molar-refractivity contribution in [1.29, 1.82) is 0 Å². The van der Waals surface area contributed by atoms with Crippen molar-refractivity contribution in [1.82, 2.24) is 25.1 Å². The molecule has 7 heteroatoms. The summed E-state index contributed by atoms with van der Waals surface area (Å²) in [5, 5.41) is 8.37. The van der Waals surface area contributed by atoms with Crippen LogP contribution in [0.15, 0.2) is 67.1 Å². The van der Waals surface area contributed by atoms with Crippen LogP contribution in [0, 0.1) is 6.92 Å². The van der Waals surface area contributed by atoms with Crippen LogP contribution in [-0.4, -0.2) is 32.2 Å². The molecule has 4 aromatic rings. The standard InChI is InChI=1S/C22H22N6O/c1-15-9-19(7-8-24-15)28-21-14-25-18(10-17(21)13-26-28)11-22(29)27-20(12-23)16-5-3-2-4-6-16/h2-10,13-14,20H,11-12,23H2,1H3,(H,27,29)/t20-/m0/s1. The van der Waals surface area contributed by atoms with E-state index in [1.165, 1.54) is 0 Å². The van der Waals surface area contributed by atoms with Gasteiger partial charge in [-0.1, -0.05) is 30.3 Å². The second-order valence-corrected chi connectivity index (χ2v) is 6.89. The largest absolute Gasteiger partial charge is 0.348 e. The predicted molar refractivity (Wildman–Crippen MR) is 111 cm³/mol. The first-order chi connectivity index (χ1) is 14.1. The molecule has 0 spiro atoms. The maximum atomic E-state index is 12.5. The van der Waals surface area contributed by atoms with Crippen molar-refractivity contribution in [2.45, 2.75) is 19.4 Å². The van der Waals surface area contributed by atoms with Crippen LogP contribution in [0.25, 0.3) is 16.6 Å². The second kappa shape index (κ2) is 8.20. The Bertz CT molecular complexity index is 1140. The third kappa shape index (κ3) is 4.14. The van der Waals surface area contributed by atoms with Crippen molar-refractivity contribution in [2.75, 3.05) is 6.54 Å². The molecule has 0 fully saturated rings. The summed E-state index contributed by atoms with van der Waals surface area (Å²) >= 11 is 0. The molecule has 1 atom stereocenters. The lowest BCUT2D eigenvalue weighted by Crippen LogP contribution is -2.34. The third-order valence-corrected chi connectivity index (χ3v) is 4.75. The number of nitrogens with one attached hydrogen (secondary N) is 1. The molecule has 3 N–H and O–H groups in total. The van der Waals surface area contributed by atoms with E-state index >= 15 is 0 Å². The van der Waals surface area contributed by atoms with Crippen LogP contribution in [-0.2, 0) is 11.2 Å². The lowest BCUT2D eigenvalue weighted by molar-refractivity contribution is -0.121. The SMILES string of the molecule is Cc1cc(-n2ncc3cc(CC(=O)N[C@@H](CN)c4ccccc4)ncc32)ccn1. The van der Waals surface area contributed by atoms with Crippen molar-refractivity contribution in [3.8, 4) is 5.69 Å². The van der Waals surface area contributed by atoms with E-state index in [9.17, 15) is 4.79 Å². The van der Waals surface area contributed by atoms with Gasteiger partial charge in [0.05, 0.1) is 41.8 Å². The van der Waals surface area contributed by atoms with E-state index < -0.39 is 0 Å². The summed E-state index contributed by atoms with van der Waals surface area (Å²) in [6, 6.07) is 15.3. The van der Waals surface area contributed by atoms with E-state index in [-0.39, 0.29) is 18.4 Å². The number of carbonyl (C=O) groups is 1. The van der Waals surface area contributed by atoms with Crippen LogP contribution in [0.4, 0.5) is 0 Å². The maximum Gasteiger partial charge on any atom is 0.226 e. The van der Waals surface area contributed by atoms with Crippen LogP contribution >= 0.6 is 0 Å². The minimum atomic E-state index is -0.217. The van der Waals surface area contributed by atoms with E-state index in [4.69, 9.17) is 5.73 Å². The van der Waals surface area contributed by atoms with Gasteiger partial charge in [0.2, 0.25) is 5.91 Å². The Morgan fingerprint density at radius 1 is 1.14 bits per heavy atom. The van der Waals surface area contributed by atoms with Gasteiger partial charge in [-0.25, -0.2) is 4.68 Å². The van der Waals surface area contributed by atoms with Crippen LogP contribution < -0.4 is 11.1 Å². The van der Waals surface area contributed by atoms with Gasteiger partial charge in [0.15, 0.2) is 0 Å². The number of nitrogens with two attached hydrogens (primary N) is 1. The van der Waals surface area contributed by atoms with E-state index in [0.717, 1.165) is 27.8 Å². The molecule has 146 valence electrons. The molecule has 0 unspecified atom stereocenters. The number of fused-ring (bicyclic) bond motifs is 1.